The fourth-order valence-corrected chi connectivity index (χ4v) is 7.40. The number of nitrogens with zero attached hydrogens (tertiary/aromatic N) is 6. The minimum atomic E-state index is -0.737. The molecule has 0 aromatic carbocycles. The zero-order chi connectivity index (χ0) is 26.0. The van der Waals surface area contributed by atoms with Gasteiger partial charge in [0, 0.05) is 74.7 Å². The van der Waals surface area contributed by atoms with Gasteiger partial charge >= 0.3 is 0 Å². The number of hydrogen-bond acceptors (Lipinski definition) is 9. The summed E-state index contributed by atoms with van der Waals surface area (Å²) in [6, 6.07) is 11.9. The molecule has 2 aromatic rings. The van der Waals surface area contributed by atoms with Gasteiger partial charge in [-0.05, 0) is 24.3 Å². The van der Waals surface area contributed by atoms with Crippen LogP contribution in [0, 0.1) is 5.92 Å². The molecule has 3 fully saturated rings. The smallest absolute Gasteiger partial charge is 0.278 e. The first-order chi connectivity index (χ1) is 18.7. The van der Waals surface area contributed by atoms with Crippen molar-refractivity contribution in [1.29, 1.82) is 0 Å². The summed E-state index contributed by atoms with van der Waals surface area (Å²) in [7, 11) is 0. The van der Waals surface area contributed by atoms with Crippen LogP contribution in [-0.2, 0) is 14.3 Å². The highest BCUT2D eigenvalue weighted by atomic mass is 32.2. The molecule has 6 rings (SSSR count). The Hall–Kier alpha value is -2.50. The molecule has 9 nitrogen and oxygen atoms in total. The van der Waals surface area contributed by atoms with E-state index in [1.165, 1.54) is 0 Å². The van der Waals surface area contributed by atoms with Crippen molar-refractivity contribution in [3.8, 4) is 0 Å². The van der Waals surface area contributed by atoms with Crippen LogP contribution in [0.3, 0.4) is 0 Å². The maximum atomic E-state index is 15.1. The predicted octanol–water partition coefficient (Wildman–Crippen LogP) is 2.24. The van der Waals surface area contributed by atoms with E-state index in [9.17, 15) is 0 Å². The number of anilines is 1. The Morgan fingerprint density at radius 2 is 1.47 bits per heavy atom. The summed E-state index contributed by atoms with van der Waals surface area (Å²) in [5, 5.41) is 0. The summed E-state index contributed by atoms with van der Waals surface area (Å²) >= 11 is 1.98. The van der Waals surface area contributed by atoms with E-state index in [1.54, 1.807) is 6.20 Å². The SMILES string of the molecule is CC1C(c2ccccn2)=C(N2CCOCC2)C(=O)N(c2ccccn2)C1(N1CCOCC1)N1CCSCC1. The molecule has 202 valence electrons. The number of carbonyl (C=O) groups excluding carboxylic acids is 1. The van der Waals surface area contributed by atoms with Gasteiger partial charge in [0.1, 0.15) is 11.5 Å². The molecule has 0 radical (unpaired) electrons. The minimum absolute atomic E-state index is 0.0194. The number of hydrogen-bond donors (Lipinski definition) is 0. The zero-order valence-corrected chi connectivity index (χ0v) is 22.8. The Balaban J connectivity index is 1.63. The van der Waals surface area contributed by atoms with E-state index in [0.29, 0.717) is 45.3 Å². The summed E-state index contributed by atoms with van der Waals surface area (Å²) in [6.07, 6.45) is 3.62. The van der Waals surface area contributed by atoms with Crippen LogP contribution in [0.5, 0.6) is 0 Å². The van der Waals surface area contributed by atoms with Crippen LogP contribution >= 0.6 is 11.8 Å². The van der Waals surface area contributed by atoms with E-state index in [1.807, 2.05) is 59.3 Å². The zero-order valence-electron chi connectivity index (χ0n) is 22.0. The minimum Gasteiger partial charge on any atom is -0.379 e. The number of carbonyl (C=O) groups is 1. The van der Waals surface area contributed by atoms with Gasteiger partial charge in [0.05, 0.1) is 32.1 Å². The van der Waals surface area contributed by atoms with Gasteiger partial charge in [-0.3, -0.25) is 24.5 Å². The molecule has 6 heterocycles. The van der Waals surface area contributed by atoms with E-state index >= 15 is 4.79 Å². The summed E-state index contributed by atoms with van der Waals surface area (Å²) in [5.41, 5.74) is 2.59. The van der Waals surface area contributed by atoms with Crippen LogP contribution < -0.4 is 4.90 Å². The van der Waals surface area contributed by atoms with Crippen molar-refractivity contribution >= 4 is 29.1 Å². The van der Waals surface area contributed by atoms with Crippen LogP contribution in [0.2, 0.25) is 0 Å². The molecule has 2 aromatic heterocycles. The second-order valence-electron chi connectivity index (χ2n) is 10.0. The summed E-state index contributed by atoms with van der Waals surface area (Å²) < 4.78 is 11.5. The van der Waals surface area contributed by atoms with Gasteiger partial charge in [0.25, 0.3) is 5.91 Å². The van der Waals surface area contributed by atoms with Gasteiger partial charge in [-0.1, -0.05) is 19.1 Å². The molecule has 38 heavy (non-hydrogen) atoms. The molecule has 4 aliphatic rings. The third-order valence-electron chi connectivity index (χ3n) is 8.10. The van der Waals surface area contributed by atoms with E-state index in [4.69, 9.17) is 19.4 Å². The second-order valence-corrected chi connectivity index (χ2v) is 11.2. The average Bonchev–Trinajstić information content (AvgIpc) is 3.00. The van der Waals surface area contributed by atoms with Crippen molar-refractivity contribution in [2.24, 2.45) is 5.92 Å². The van der Waals surface area contributed by atoms with E-state index in [2.05, 4.69) is 21.6 Å². The summed E-state index contributed by atoms with van der Waals surface area (Å²) in [5.74, 6) is 1.91. The number of morpholine rings is 2. The lowest BCUT2D eigenvalue weighted by atomic mass is 9.81. The van der Waals surface area contributed by atoms with Crippen molar-refractivity contribution < 1.29 is 14.3 Å². The molecular formula is C28H36N6O3S. The lowest BCUT2D eigenvalue weighted by Crippen LogP contribution is -2.79. The largest absolute Gasteiger partial charge is 0.379 e. The number of thioether (sulfide) groups is 1. The van der Waals surface area contributed by atoms with Gasteiger partial charge in [-0.25, -0.2) is 4.98 Å². The number of amides is 1. The standard InChI is InChI=1S/C28H36N6O3S/c1-22-25(23-6-2-4-8-29-23)26(31-10-16-36-17-11-31)27(35)34(24-7-3-5-9-30-24)28(22,32-12-18-37-19-13-32)33-14-20-38-21-15-33/h2-9,22H,10-21H2,1H3. The first kappa shape index (κ1) is 25.8. The van der Waals surface area contributed by atoms with Crippen LogP contribution in [0.1, 0.15) is 12.6 Å². The molecular weight excluding hydrogens is 500 g/mol. The maximum Gasteiger partial charge on any atom is 0.278 e. The quantitative estimate of drug-likeness (QED) is 0.572. The molecule has 2 atom stereocenters. The van der Waals surface area contributed by atoms with Crippen LogP contribution in [0.15, 0.2) is 54.5 Å². The Labute approximate surface area is 228 Å². The average molecular weight is 537 g/mol. The second kappa shape index (κ2) is 11.3. The van der Waals surface area contributed by atoms with Crippen LogP contribution in [0.25, 0.3) is 5.57 Å². The third-order valence-corrected chi connectivity index (χ3v) is 9.05. The number of aromatic nitrogens is 2. The van der Waals surface area contributed by atoms with Crippen LogP contribution in [0.4, 0.5) is 5.82 Å². The Bertz CT molecular complexity index is 1110. The Morgan fingerprint density at radius 3 is 2.11 bits per heavy atom. The summed E-state index contributed by atoms with van der Waals surface area (Å²) in [6.45, 7) is 9.38. The molecule has 10 heteroatoms. The summed E-state index contributed by atoms with van der Waals surface area (Å²) in [4.78, 5) is 33.9. The molecule has 3 saturated heterocycles. The molecule has 0 N–H and O–H groups in total. The molecule has 1 amide bonds. The normalized spacial score (nSPS) is 28.1. The molecule has 0 aliphatic carbocycles. The molecule has 2 unspecified atom stereocenters. The monoisotopic (exact) mass is 536 g/mol. The Morgan fingerprint density at radius 1 is 0.842 bits per heavy atom. The lowest BCUT2D eigenvalue weighted by Gasteiger charge is -2.62. The Kier molecular flexibility index (Phi) is 7.67. The van der Waals surface area contributed by atoms with E-state index in [-0.39, 0.29) is 11.8 Å². The highest BCUT2D eigenvalue weighted by Gasteiger charge is 2.60. The highest BCUT2D eigenvalue weighted by molar-refractivity contribution is 7.99. The third kappa shape index (κ3) is 4.42. The van der Waals surface area contributed by atoms with Crippen molar-refractivity contribution in [3.63, 3.8) is 0 Å². The fourth-order valence-electron chi connectivity index (χ4n) is 6.49. The van der Waals surface area contributed by atoms with Crippen molar-refractivity contribution in [3.05, 3.63) is 60.2 Å². The topological polar surface area (TPSA) is 74.3 Å². The van der Waals surface area contributed by atoms with Crippen molar-refractivity contribution in [1.82, 2.24) is 24.7 Å². The fraction of sp³-hybridized carbons (Fsp3) is 0.536. The number of ether oxygens (including phenoxy) is 2. The van der Waals surface area contributed by atoms with Crippen molar-refractivity contribution in [2.75, 3.05) is 82.1 Å². The van der Waals surface area contributed by atoms with Gasteiger partial charge in [0.15, 0.2) is 5.79 Å². The van der Waals surface area contributed by atoms with Gasteiger partial charge in [0.2, 0.25) is 0 Å². The lowest BCUT2D eigenvalue weighted by molar-refractivity contribution is -0.143. The van der Waals surface area contributed by atoms with Crippen LogP contribution in [-0.4, -0.2) is 114 Å². The highest BCUT2D eigenvalue weighted by Crippen LogP contribution is 2.49. The molecule has 0 bridgehead atoms. The van der Waals surface area contributed by atoms with Gasteiger partial charge in [-0.2, -0.15) is 11.8 Å². The molecule has 0 saturated carbocycles. The predicted molar refractivity (Wildman–Crippen MR) is 148 cm³/mol. The molecule has 4 aliphatic heterocycles. The van der Waals surface area contributed by atoms with E-state index < -0.39 is 5.79 Å². The van der Waals surface area contributed by atoms with Gasteiger partial charge in [-0.15, -0.1) is 0 Å². The maximum absolute atomic E-state index is 15.1. The number of rotatable bonds is 5. The molecule has 0 spiro atoms. The van der Waals surface area contributed by atoms with E-state index in [0.717, 1.165) is 54.6 Å². The first-order valence-electron chi connectivity index (χ1n) is 13.6. The number of pyridine rings is 2. The van der Waals surface area contributed by atoms with Crippen molar-refractivity contribution in [2.45, 2.75) is 12.7 Å². The van der Waals surface area contributed by atoms with Gasteiger partial charge < -0.3 is 14.4 Å². The first-order valence-corrected chi connectivity index (χ1v) is 14.8.